The van der Waals surface area contributed by atoms with Gasteiger partial charge in [0.15, 0.2) is 5.03 Å². The van der Waals surface area contributed by atoms with E-state index < -0.39 is 16.1 Å². The molecule has 0 saturated carbocycles. The van der Waals surface area contributed by atoms with Crippen LogP contribution < -0.4 is 0 Å². The number of aromatic hydroxyl groups is 1. The molecule has 1 unspecified atom stereocenters. The van der Waals surface area contributed by atoms with Crippen LogP contribution in [0.3, 0.4) is 0 Å². The second-order valence-electron chi connectivity index (χ2n) is 4.71. The van der Waals surface area contributed by atoms with Crippen LogP contribution >= 0.6 is 11.6 Å². The molecule has 1 heterocycles. The van der Waals surface area contributed by atoms with Gasteiger partial charge < -0.3 is 5.11 Å². The highest BCUT2D eigenvalue weighted by Gasteiger charge is 2.31. The molecule has 0 aliphatic carbocycles. The Morgan fingerprint density at radius 1 is 1.33 bits per heavy atom. The third-order valence-corrected chi connectivity index (χ3v) is 5.82. The number of rotatable bonds is 4. The minimum atomic E-state index is -3.78. The predicted molar refractivity (Wildman–Crippen MR) is 79.7 cm³/mol. The lowest BCUT2D eigenvalue weighted by atomic mass is 10.1. The summed E-state index contributed by atoms with van der Waals surface area (Å²) in [6.45, 7) is 1.76. The summed E-state index contributed by atoms with van der Waals surface area (Å²) in [6, 6.07) is 5.97. The van der Waals surface area contributed by atoms with Gasteiger partial charge in [-0.15, -0.1) is 0 Å². The molecule has 0 radical (unpaired) electrons. The van der Waals surface area contributed by atoms with Crippen molar-refractivity contribution in [1.29, 1.82) is 0 Å². The zero-order chi connectivity index (χ0) is 15.8. The van der Waals surface area contributed by atoms with Crippen molar-refractivity contribution in [3.63, 3.8) is 0 Å². The number of hydrogen-bond acceptors (Lipinski definition) is 4. The third-order valence-electron chi connectivity index (χ3n) is 3.39. The molecule has 1 aromatic heterocycles. The summed E-state index contributed by atoms with van der Waals surface area (Å²) in [5.41, 5.74) is 0.761. The highest BCUT2D eigenvalue weighted by atomic mass is 35.5. The molecule has 1 atom stereocenters. The van der Waals surface area contributed by atoms with E-state index in [0.29, 0.717) is 0 Å². The predicted octanol–water partition coefficient (Wildman–Crippen LogP) is 2.16. The first-order valence-corrected chi connectivity index (χ1v) is 8.01. The number of aryl methyl sites for hydroxylation is 1. The maximum Gasteiger partial charge on any atom is 0.262 e. The Morgan fingerprint density at radius 3 is 2.38 bits per heavy atom. The first-order chi connectivity index (χ1) is 9.75. The number of phenolic OH excluding ortho intramolecular Hbond substituents is 1. The van der Waals surface area contributed by atoms with Crippen molar-refractivity contribution in [3.8, 4) is 5.75 Å². The fourth-order valence-electron chi connectivity index (χ4n) is 2.00. The van der Waals surface area contributed by atoms with Gasteiger partial charge in [0, 0.05) is 20.1 Å². The van der Waals surface area contributed by atoms with Gasteiger partial charge in [0.1, 0.15) is 5.75 Å². The van der Waals surface area contributed by atoms with Crippen LogP contribution in [-0.4, -0.2) is 34.7 Å². The van der Waals surface area contributed by atoms with Gasteiger partial charge in [-0.25, -0.2) is 8.42 Å². The zero-order valence-corrected chi connectivity index (χ0v) is 13.4. The molecule has 0 amide bonds. The minimum Gasteiger partial charge on any atom is -0.508 e. The quantitative estimate of drug-likeness (QED) is 0.932. The van der Waals surface area contributed by atoms with Crippen molar-refractivity contribution in [2.45, 2.75) is 18.0 Å². The molecule has 0 fully saturated rings. The van der Waals surface area contributed by atoms with Crippen LogP contribution in [0.4, 0.5) is 0 Å². The number of aromatic nitrogens is 2. The van der Waals surface area contributed by atoms with Gasteiger partial charge in [-0.3, -0.25) is 4.68 Å². The van der Waals surface area contributed by atoms with E-state index in [-0.39, 0.29) is 15.8 Å². The Labute approximate surface area is 128 Å². The molecule has 21 heavy (non-hydrogen) atoms. The minimum absolute atomic E-state index is 0.0442. The number of nitrogens with zero attached hydrogens (tertiary/aromatic N) is 3. The van der Waals surface area contributed by atoms with E-state index in [1.54, 1.807) is 19.1 Å². The van der Waals surface area contributed by atoms with E-state index in [1.165, 1.54) is 41.4 Å². The second-order valence-corrected chi connectivity index (χ2v) is 7.03. The molecule has 0 saturated heterocycles. The second kappa shape index (κ2) is 5.67. The average Bonchev–Trinajstić information content (AvgIpc) is 2.78. The van der Waals surface area contributed by atoms with E-state index in [4.69, 9.17) is 11.6 Å². The molecule has 0 bridgehead atoms. The standard InChI is InChI=1S/C13H16ClN3O3S/c1-9(10-4-6-11(18)7-5-10)17(3)21(19,20)13-12(14)8-15-16(13)2/h4-9,18H,1-3H3. The fourth-order valence-corrected chi connectivity index (χ4v) is 3.95. The lowest BCUT2D eigenvalue weighted by Gasteiger charge is -2.24. The number of halogens is 1. The molecule has 0 aliphatic rings. The summed E-state index contributed by atoms with van der Waals surface area (Å²) in [4.78, 5) is 0. The maximum atomic E-state index is 12.6. The van der Waals surface area contributed by atoms with Crippen LogP contribution in [0.1, 0.15) is 18.5 Å². The first-order valence-electron chi connectivity index (χ1n) is 6.19. The van der Waals surface area contributed by atoms with Crippen molar-refractivity contribution >= 4 is 21.6 Å². The molecule has 6 nitrogen and oxygen atoms in total. The molecule has 114 valence electrons. The average molecular weight is 330 g/mol. The SMILES string of the molecule is CC(c1ccc(O)cc1)N(C)S(=O)(=O)c1c(Cl)cnn1C. The van der Waals surface area contributed by atoms with Gasteiger partial charge in [-0.2, -0.15) is 9.40 Å². The summed E-state index contributed by atoms with van der Waals surface area (Å²) < 4.78 is 27.8. The van der Waals surface area contributed by atoms with Gasteiger partial charge in [0.2, 0.25) is 0 Å². The van der Waals surface area contributed by atoms with E-state index >= 15 is 0 Å². The highest BCUT2D eigenvalue weighted by molar-refractivity contribution is 7.89. The lowest BCUT2D eigenvalue weighted by molar-refractivity contribution is 0.393. The van der Waals surface area contributed by atoms with Crippen molar-refractivity contribution < 1.29 is 13.5 Å². The smallest absolute Gasteiger partial charge is 0.262 e. The van der Waals surface area contributed by atoms with Gasteiger partial charge in [-0.1, -0.05) is 23.7 Å². The van der Waals surface area contributed by atoms with Crippen molar-refractivity contribution in [3.05, 3.63) is 41.0 Å². The van der Waals surface area contributed by atoms with Gasteiger partial charge in [0.05, 0.1) is 11.2 Å². The Hall–Kier alpha value is -1.57. The normalized spacial score (nSPS) is 13.6. The molecular formula is C13H16ClN3O3S. The Morgan fingerprint density at radius 2 is 1.90 bits per heavy atom. The topological polar surface area (TPSA) is 75.4 Å². The molecule has 0 spiro atoms. The number of sulfonamides is 1. The van der Waals surface area contributed by atoms with Gasteiger partial charge in [-0.05, 0) is 24.6 Å². The summed E-state index contributed by atoms with van der Waals surface area (Å²) in [7, 11) is -0.767. The Bertz CT molecular complexity index is 721. The van der Waals surface area contributed by atoms with Crippen LogP contribution in [0.5, 0.6) is 5.75 Å². The molecular weight excluding hydrogens is 314 g/mol. The van der Waals surface area contributed by atoms with Crippen LogP contribution in [0, 0.1) is 0 Å². The summed E-state index contributed by atoms with van der Waals surface area (Å²) in [5.74, 6) is 0.131. The van der Waals surface area contributed by atoms with Crippen LogP contribution in [0.15, 0.2) is 35.5 Å². The Balaban J connectivity index is 2.38. The van der Waals surface area contributed by atoms with E-state index in [0.717, 1.165) is 5.56 Å². The lowest BCUT2D eigenvalue weighted by Crippen LogP contribution is -2.31. The summed E-state index contributed by atoms with van der Waals surface area (Å²) in [5, 5.41) is 13.2. The molecule has 1 aromatic carbocycles. The van der Waals surface area contributed by atoms with Crippen molar-refractivity contribution in [2.24, 2.45) is 7.05 Å². The summed E-state index contributed by atoms with van der Waals surface area (Å²) >= 11 is 5.92. The third kappa shape index (κ3) is 2.90. The molecule has 0 aliphatic heterocycles. The van der Waals surface area contributed by atoms with Crippen LogP contribution in [-0.2, 0) is 17.1 Å². The first kappa shape index (κ1) is 15.8. The summed E-state index contributed by atoms with van der Waals surface area (Å²) in [6.07, 6.45) is 1.30. The van der Waals surface area contributed by atoms with Crippen LogP contribution in [0.25, 0.3) is 0 Å². The maximum absolute atomic E-state index is 12.6. The van der Waals surface area contributed by atoms with Crippen molar-refractivity contribution in [1.82, 2.24) is 14.1 Å². The molecule has 8 heteroatoms. The van der Waals surface area contributed by atoms with Crippen LogP contribution in [0.2, 0.25) is 5.02 Å². The Kier molecular flexibility index (Phi) is 4.27. The number of phenols is 1. The van der Waals surface area contributed by atoms with E-state index in [2.05, 4.69) is 5.10 Å². The monoisotopic (exact) mass is 329 g/mol. The highest BCUT2D eigenvalue weighted by Crippen LogP contribution is 2.29. The van der Waals surface area contributed by atoms with Gasteiger partial charge in [0.25, 0.3) is 10.0 Å². The van der Waals surface area contributed by atoms with E-state index in [9.17, 15) is 13.5 Å². The number of hydrogen-bond donors (Lipinski definition) is 1. The van der Waals surface area contributed by atoms with E-state index in [1.807, 2.05) is 0 Å². The van der Waals surface area contributed by atoms with Gasteiger partial charge >= 0.3 is 0 Å². The largest absolute Gasteiger partial charge is 0.508 e. The molecule has 2 rings (SSSR count). The fraction of sp³-hybridized carbons (Fsp3) is 0.308. The molecule has 1 N–H and O–H groups in total. The zero-order valence-electron chi connectivity index (χ0n) is 11.9. The number of benzene rings is 1. The van der Waals surface area contributed by atoms with Crippen molar-refractivity contribution in [2.75, 3.05) is 7.05 Å². The molecule has 2 aromatic rings.